The van der Waals surface area contributed by atoms with Crippen LogP contribution in [0.25, 0.3) is 0 Å². The molecule has 1 aromatic rings. The number of amides is 2. The first kappa shape index (κ1) is 17.7. The fraction of sp³-hybridized carbons (Fsp3) is 0.611. The number of halogens is 1. The fourth-order valence-corrected chi connectivity index (χ4v) is 3.05. The van der Waals surface area contributed by atoms with Gasteiger partial charge in [-0.2, -0.15) is 0 Å². The molecule has 0 saturated carbocycles. The number of benzene rings is 1. The van der Waals surface area contributed by atoms with E-state index in [-0.39, 0.29) is 11.7 Å². The highest BCUT2D eigenvalue weighted by atomic mass is 19.1. The van der Waals surface area contributed by atoms with E-state index in [4.69, 9.17) is 0 Å². The van der Waals surface area contributed by atoms with E-state index in [1.54, 1.807) is 12.1 Å². The van der Waals surface area contributed by atoms with Crippen molar-refractivity contribution in [3.8, 4) is 0 Å². The molecule has 1 fully saturated rings. The average molecular weight is 321 g/mol. The number of piperidine rings is 1. The molecule has 5 heteroatoms. The average Bonchev–Trinajstić information content (AvgIpc) is 2.51. The quantitative estimate of drug-likeness (QED) is 0.783. The van der Waals surface area contributed by atoms with E-state index in [0.717, 1.165) is 30.9 Å². The summed E-state index contributed by atoms with van der Waals surface area (Å²) in [6, 6.07) is 4.33. The molecule has 0 aromatic heterocycles. The van der Waals surface area contributed by atoms with Crippen LogP contribution in [0.5, 0.6) is 0 Å². The molecule has 0 bridgehead atoms. The van der Waals surface area contributed by atoms with Gasteiger partial charge < -0.3 is 15.5 Å². The molecular formula is C18H28FN3O. The van der Waals surface area contributed by atoms with E-state index >= 15 is 0 Å². The molecule has 0 aliphatic carbocycles. The maximum Gasteiger partial charge on any atom is 0.319 e. The molecular weight excluding hydrogens is 293 g/mol. The van der Waals surface area contributed by atoms with Gasteiger partial charge in [0.05, 0.1) is 5.69 Å². The van der Waals surface area contributed by atoms with Crippen molar-refractivity contribution in [1.82, 2.24) is 10.2 Å². The van der Waals surface area contributed by atoms with E-state index in [9.17, 15) is 9.18 Å². The Bertz CT molecular complexity index is 521. The Labute approximate surface area is 138 Å². The van der Waals surface area contributed by atoms with Gasteiger partial charge in [-0.3, -0.25) is 0 Å². The number of unbranched alkanes of at least 4 members (excludes halogenated alkanes) is 1. The van der Waals surface area contributed by atoms with Crippen molar-refractivity contribution < 1.29 is 9.18 Å². The van der Waals surface area contributed by atoms with Crippen LogP contribution in [-0.4, -0.2) is 37.1 Å². The van der Waals surface area contributed by atoms with Crippen molar-refractivity contribution in [2.75, 3.05) is 31.5 Å². The largest absolute Gasteiger partial charge is 0.338 e. The number of carbonyl (C=O) groups excluding carboxylic acids is 1. The third-order valence-electron chi connectivity index (χ3n) is 4.30. The molecule has 1 atom stereocenters. The molecule has 1 heterocycles. The summed E-state index contributed by atoms with van der Waals surface area (Å²) in [5, 5.41) is 5.35. The van der Waals surface area contributed by atoms with Crippen molar-refractivity contribution in [1.29, 1.82) is 0 Å². The summed E-state index contributed by atoms with van der Waals surface area (Å²) < 4.78 is 13.6. The Morgan fingerprint density at radius 2 is 2.22 bits per heavy atom. The minimum Gasteiger partial charge on any atom is -0.338 e. The summed E-state index contributed by atoms with van der Waals surface area (Å²) in [5.74, 6) is 0.391. The van der Waals surface area contributed by atoms with E-state index in [2.05, 4.69) is 22.5 Å². The lowest BCUT2D eigenvalue weighted by atomic mass is 10.0. The highest BCUT2D eigenvalue weighted by molar-refractivity contribution is 5.89. The Kier molecular flexibility index (Phi) is 6.84. The van der Waals surface area contributed by atoms with Gasteiger partial charge in [-0.05, 0) is 69.3 Å². The summed E-state index contributed by atoms with van der Waals surface area (Å²) >= 11 is 0. The van der Waals surface area contributed by atoms with Crippen LogP contribution in [0, 0.1) is 18.7 Å². The lowest BCUT2D eigenvalue weighted by Gasteiger charge is -2.30. The first-order chi connectivity index (χ1) is 11.0. The fourth-order valence-electron chi connectivity index (χ4n) is 3.05. The molecule has 1 aromatic carbocycles. The van der Waals surface area contributed by atoms with Crippen LogP contribution < -0.4 is 10.6 Å². The van der Waals surface area contributed by atoms with Gasteiger partial charge in [-0.1, -0.05) is 13.0 Å². The van der Waals surface area contributed by atoms with Gasteiger partial charge in [0.1, 0.15) is 5.82 Å². The first-order valence-corrected chi connectivity index (χ1v) is 8.58. The van der Waals surface area contributed by atoms with Gasteiger partial charge in [0.2, 0.25) is 0 Å². The molecule has 1 unspecified atom stereocenters. The second-order valence-electron chi connectivity index (χ2n) is 6.62. The van der Waals surface area contributed by atoms with Crippen molar-refractivity contribution in [2.24, 2.45) is 5.92 Å². The van der Waals surface area contributed by atoms with Crippen LogP contribution in [0.3, 0.4) is 0 Å². The number of aryl methyl sites for hydroxylation is 1. The van der Waals surface area contributed by atoms with Gasteiger partial charge in [0.15, 0.2) is 0 Å². The summed E-state index contributed by atoms with van der Waals surface area (Å²) in [6.07, 6.45) is 4.65. The van der Waals surface area contributed by atoms with Gasteiger partial charge >= 0.3 is 6.03 Å². The molecule has 2 N–H and O–H groups in total. The number of rotatable bonds is 6. The predicted octanol–water partition coefficient (Wildman–Crippen LogP) is 3.77. The zero-order chi connectivity index (χ0) is 16.7. The van der Waals surface area contributed by atoms with Crippen LogP contribution in [0.15, 0.2) is 18.2 Å². The number of urea groups is 1. The van der Waals surface area contributed by atoms with Crippen LogP contribution >= 0.6 is 0 Å². The number of hydrogen-bond donors (Lipinski definition) is 2. The number of nitrogens with zero attached hydrogens (tertiary/aromatic N) is 1. The maximum absolute atomic E-state index is 13.6. The van der Waals surface area contributed by atoms with Gasteiger partial charge in [-0.25, -0.2) is 9.18 Å². The van der Waals surface area contributed by atoms with E-state index in [1.165, 1.54) is 32.0 Å². The monoisotopic (exact) mass is 321 g/mol. The highest BCUT2D eigenvalue weighted by Gasteiger charge is 2.15. The Morgan fingerprint density at radius 3 is 3.00 bits per heavy atom. The van der Waals surface area contributed by atoms with Crippen LogP contribution in [0.2, 0.25) is 0 Å². The predicted molar refractivity (Wildman–Crippen MR) is 92.2 cm³/mol. The van der Waals surface area contributed by atoms with Crippen LogP contribution in [0.1, 0.15) is 38.2 Å². The number of anilines is 1. The molecule has 1 aliphatic rings. The molecule has 1 aliphatic heterocycles. The first-order valence-electron chi connectivity index (χ1n) is 8.58. The van der Waals surface area contributed by atoms with E-state index in [1.807, 2.05) is 6.92 Å². The molecule has 23 heavy (non-hydrogen) atoms. The summed E-state index contributed by atoms with van der Waals surface area (Å²) in [6.45, 7) is 8.28. The molecule has 1 saturated heterocycles. The number of hydrogen-bond acceptors (Lipinski definition) is 2. The Morgan fingerprint density at radius 1 is 1.39 bits per heavy atom. The molecule has 128 valence electrons. The molecule has 0 spiro atoms. The number of likely N-dealkylation sites (tertiary alicyclic amines) is 1. The minimum atomic E-state index is -0.412. The molecule has 2 amide bonds. The second-order valence-corrected chi connectivity index (χ2v) is 6.62. The molecule has 2 rings (SSSR count). The summed E-state index contributed by atoms with van der Waals surface area (Å²) in [7, 11) is 0. The van der Waals surface area contributed by atoms with Crippen molar-refractivity contribution in [3.05, 3.63) is 29.6 Å². The van der Waals surface area contributed by atoms with Crippen molar-refractivity contribution >= 4 is 11.7 Å². The smallest absolute Gasteiger partial charge is 0.319 e. The molecule has 0 radical (unpaired) electrons. The van der Waals surface area contributed by atoms with Gasteiger partial charge in [-0.15, -0.1) is 0 Å². The van der Waals surface area contributed by atoms with E-state index < -0.39 is 5.82 Å². The summed E-state index contributed by atoms with van der Waals surface area (Å²) in [5.41, 5.74) is 1.14. The normalized spacial score (nSPS) is 18.7. The minimum absolute atomic E-state index is 0.227. The maximum atomic E-state index is 13.6. The third-order valence-corrected chi connectivity index (χ3v) is 4.30. The summed E-state index contributed by atoms with van der Waals surface area (Å²) in [4.78, 5) is 14.3. The Hall–Kier alpha value is -1.62. The number of nitrogens with one attached hydrogen (secondary N) is 2. The third kappa shape index (κ3) is 6.18. The molecule has 4 nitrogen and oxygen atoms in total. The topological polar surface area (TPSA) is 44.4 Å². The standard InChI is InChI=1S/C18H28FN3O/c1-14-7-8-16(19)17(12-14)21-18(23)20-9-3-4-10-22-11-5-6-15(2)13-22/h7-8,12,15H,3-6,9-11,13H2,1-2H3,(H2,20,21,23). The van der Waals surface area contributed by atoms with Gasteiger partial charge in [0, 0.05) is 13.1 Å². The lowest BCUT2D eigenvalue weighted by molar-refractivity contribution is 0.181. The zero-order valence-corrected chi connectivity index (χ0v) is 14.2. The number of carbonyl (C=O) groups is 1. The lowest BCUT2D eigenvalue weighted by Crippen LogP contribution is -2.35. The second kappa shape index (κ2) is 8.87. The van der Waals surface area contributed by atoms with Crippen molar-refractivity contribution in [3.63, 3.8) is 0 Å². The van der Waals surface area contributed by atoms with Crippen LogP contribution in [-0.2, 0) is 0 Å². The zero-order valence-electron chi connectivity index (χ0n) is 14.2. The Balaban J connectivity index is 1.60. The van der Waals surface area contributed by atoms with Crippen molar-refractivity contribution in [2.45, 2.75) is 39.5 Å². The van der Waals surface area contributed by atoms with Gasteiger partial charge in [0.25, 0.3) is 0 Å². The SMILES string of the molecule is Cc1ccc(F)c(NC(=O)NCCCCN2CCCC(C)C2)c1. The van der Waals surface area contributed by atoms with Crippen LogP contribution in [0.4, 0.5) is 14.9 Å². The highest BCUT2D eigenvalue weighted by Crippen LogP contribution is 2.16. The van der Waals surface area contributed by atoms with E-state index in [0.29, 0.717) is 6.54 Å².